The van der Waals surface area contributed by atoms with E-state index >= 15 is 0 Å². The van der Waals surface area contributed by atoms with Gasteiger partial charge in [-0.15, -0.1) is 0 Å². The summed E-state index contributed by atoms with van der Waals surface area (Å²) >= 11 is 0. The van der Waals surface area contributed by atoms with Crippen molar-refractivity contribution in [2.75, 3.05) is 6.54 Å². The second kappa shape index (κ2) is 7.04. The SMILES string of the molecule is CC(CN)CC(=O)NCc1ccc(CO)cc1. The van der Waals surface area contributed by atoms with Gasteiger partial charge in [0, 0.05) is 13.0 Å². The van der Waals surface area contributed by atoms with Gasteiger partial charge in [0.2, 0.25) is 5.91 Å². The summed E-state index contributed by atoms with van der Waals surface area (Å²) < 4.78 is 0. The van der Waals surface area contributed by atoms with E-state index in [2.05, 4.69) is 5.32 Å². The Hall–Kier alpha value is -1.39. The number of aliphatic hydroxyl groups excluding tert-OH is 1. The summed E-state index contributed by atoms with van der Waals surface area (Å²) in [6.07, 6.45) is 0.464. The van der Waals surface area contributed by atoms with E-state index in [0.29, 0.717) is 19.5 Å². The number of rotatable bonds is 6. The number of carbonyl (C=O) groups excluding carboxylic acids is 1. The molecule has 0 heterocycles. The van der Waals surface area contributed by atoms with E-state index in [1.165, 1.54) is 0 Å². The largest absolute Gasteiger partial charge is 0.392 e. The highest BCUT2D eigenvalue weighted by atomic mass is 16.3. The van der Waals surface area contributed by atoms with Gasteiger partial charge in [-0.1, -0.05) is 31.2 Å². The van der Waals surface area contributed by atoms with Crippen LogP contribution in [0.15, 0.2) is 24.3 Å². The molecule has 1 aromatic rings. The van der Waals surface area contributed by atoms with Crippen molar-refractivity contribution in [1.82, 2.24) is 5.32 Å². The third kappa shape index (κ3) is 4.97. The molecule has 0 fully saturated rings. The summed E-state index contributed by atoms with van der Waals surface area (Å²) in [5.41, 5.74) is 7.35. The van der Waals surface area contributed by atoms with Crippen LogP contribution in [0, 0.1) is 5.92 Å². The van der Waals surface area contributed by atoms with Crippen LogP contribution in [-0.4, -0.2) is 17.6 Å². The van der Waals surface area contributed by atoms with Gasteiger partial charge in [-0.3, -0.25) is 4.79 Å². The van der Waals surface area contributed by atoms with Gasteiger partial charge in [-0.2, -0.15) is 0 Å². The van der Waals surface area contributed by atoms with Gasteiger partial charge in [0.15, 0.2) is 0 Å². The fourth-order valence-corrected chi connectivity index (χ4v) is 1.44. The Labute approximate surface area is 102 Å². The van der Waals surface area contributed by atoms with E-state index < -0.39 is 0 Å². The fourth-order valence-electron chi connectivity index (χ4n) is 1.44. The molecule has 0 bridgehead atoms. The van der Waals surface area contributed by atoms with Crippen LogP contribution in [0.25, 0.3) is 0 Å². The molecule has 1 rings (SSSR count). The maximum Gasteiger partial charge on any atom is 0.220 e. The lowest BCUT2D eigenvalue weighted by Gasteiger charge is -2.09. The van der Waals surface area contributed by atoms with Crippen molar-refractivity contribution in [3.8, 4) is 0 Å². The van der Waals surface area contributed by atoms with Crippen LogP contribution in [0.4, 0.5) is 0 Å². The van der Waals surface area contributed by atoms with E-state index in [4.69, 9.17) is 10.8 Å². The molecule has 0 radical (unpaired) electrons. The quantitative estimate of drug-likeness (QED) is 0.683. The number of hydrogen-bond donors (Lipinski definition) is 3. The molecular weight excluding hydrogens is 216 g/mol. The van der Waals surface area contributed by atoms with Gasteiger partial charge >= 0.3 is 0 Å². The first-order valence-electron chi connectivity index (χ1n) is 5.81. The topological polar surface area (TPSA) is 75.4 Å². The summed E-state index contributed by atoms with van der Waals surface area (Å²) in [6.45, 7) is 3.04. The fraction of sp³-hybridized carbons (Fsp3) is 0.462. The number of benzene rings is 1. The molecule has 0 saturated heterocycles. The first-order valence-corrected chi connectivity index (χ1v) is 5.81. The van der Waals surface area contributed by atoms with Crippen LogP contribution in [0.2, 0.25) is 0 Å². The predicted octanol–water partition coefficient (Wildman–Crippen LogP) is 0.780. The molecule has 17 heavy (non-hydrogen) atoms. The average molecular weight is 236 g/mol. The molecule has 0 spiro atoms. The van der Waals surface area contributed by atoms with Gasteiger partial charge in [-0.05, 0) is 23.6 Å². The Bertz CT molecular complexity index is 349. The highest BCUT2D eigenvalue weighted by Gasteiger charge is 2.06. The molecule has 1 aromatic carbocycles. The van der Waals surface area contributed by atoms with Crippen LogP contribution in [0.5, 0.6) is 0 Å². The van der Waals surface area contributed by atoms with E-state index in [9.17, 15) is 4.79 Å². The second-order valence-corrected chi connectivity index (χ2v) is 4.30. The lowest BCUT2D eigenvalue weighted by atomic mass is 10.1. The van der Waals surface area contributed by atoms with Gasteiger partial charge < -0.3 is 16.2 Å². The molecule has 1 amide bonds. The van der Waals surface area contributed by atoms with Crippen LogP contribution >= 0.6 is 0 Å². The highest BCUT2D eigenvalue weighted by Crippen LogP contribution is 2.04. The van der Waals surface area contributed by atoms with Crippen molar-refractivity contribution in [3.05, 3.63) is 35.4 Å². The monoisotopic (exact) mass is 236 g/mol. The van der Waals surface area contributed by atoms with Crippen LogP contribution in [0.3, 0.4) is 0 Å². The number of nitrogens with two attached hydrogens (primary N) is 1. The molecule has 4 N–H and O–H groups in total. The summed E-state index contributed by atoms with van der Waals surface area (Å²) in [5, 5.41) is 11.7. The molecule has 0 aliphatic heterocycles. The van der Waals surface area contributed by atoms with Crippen molar-refractivity contribution in [2.24, 2.45) is 11.7 Å². The second-order valence-electron chi connectivity index (χ2n) is 4.30. The first-order chi connectivity index (χ1) is 8.15. The predicted molar refractivity (Wildman–Crippen MR) is 67.0 cm³/mol. The van der Waals surface area contributed by atoms with Crippen LogP contribution in [0.1, 0.15) is 24.5 Å². The highest BCUT2D eigenvalue weighted by molar-refractivity contribution is 5.76. The zero-order chi connectivity index (χ0) is 12.7. The molecule has 0 aliphatic rings. The first kappa shape index (κ1) is 13.7. The van der Waals surface area contributed by atoms with Crippen LogP contribution in [-0.2, 0) is 17.9 Å². The summed E-state index contributed by atoms with van der Waals surface area (Å²) in [5.74, 6) is 0.237. The number of amides is 1. The Morgan fingerprint density at radius 1 is 1.35 bits per heavy atom. The molecule has 0 aliphatic carbocycles. The minimum Gasteiger partial charge on any atom is -0.392 e. The van der Waals surface area contributed by atoms with Gasteiger partial charge in [0.25, 0.3) is 0 Å². The molecule has 1 unspecified atom stereocenters. The lowest BCUT2D eigenvalue weighted by molar-refractivity contribution is -0.122. The summed E-state index contributed by atoms with van der Waals surface area (Å²) in [4.78, 5) is 11.5. The average Bonchev–Trinajstić information content (AvgIpc) is 2.36. The number of carbonyl (C=O) groups is 1. The minimum absolute atomic E-state index is 0.0224. The van der Waals surface area contributed by atoms with Gasteiger partial charge in [0.05, 0.1) is 6.61 Å². The van der Waals surface area contributed by atoms with Crippen molar-refractivity contribution in [2.45, 2.75) is 26.5 Å². The molecule has 0 aromatic heterocycles. The third-order valence-corrected chi connectivity index (χ3v) is 2.63. The molecule has 4 heteroatoms. The van der Waals surface area contributed by atoms with Gasteiger partial charge in [0.1, 0.15) is 0 Å². The van der Waals surface area contributed by atoms with E-state index in [0.717, 1.165) is 11.1 Å². The number of hydrogen-bond acceptors (Lipinski definition) is 3. The zero-order valence-corrected chi connectivity index (χ0v) is 10.1. The normalized spacial score (nSPS) is 12.2. The Morgan fingerprint density at radius 2 is 1.94 bits per heavy atom. The Balaban J connectivity index is 2.36. The molecular formula is C13H20N2O2. The maximum atomic E-state index is 11.5. The molecule has 0 saturated carbocycles. The van der Waals surface area contributed by atoms with E-state index in [-0.39, 0.29) is 18.4 Å². The van der Waals surface area contributed by atoms with Gasteiger partial charge in [-0.25, -0.2) is 0 Å². The minimum atomic E-state index is 0.0224. The van der Waals surface area contributed by atoms with Crippen LogP contribution < -0.4 is 11.1 Å². The summed E-state index contributed by atoms with van der Waals surface area (Å²) in [6, 6.07) is 7.50. The van der Waals surface area contributed by atoms with Crippen molar-refractivity contribution in [1.29, 1.82) is 0 Å². The molecule has 94 valence electrons. The van der Waals surface area contributed by atoms with Crippen molar-refractivity contribution in [3.63, 3.8) is 0 Å². The lowest BCUT2D eigenvalue weighted by Crippen LogP contribution is -2.26. The smallest absolute Gasteiger partial charge is 0.220 e. The Kier molecular flexibility index (Phi) is 5.66. The molecule has 4 nitrogen and oxygen atoms in total. The number of nitrogens with one attached hydrogen (secondary N) is 1. The molecule has 1 atom stereocenters. The van der Waals surface area contributed by atoms with E-state index in [1.807, 2.05) is 31.2 Å². The van der Waals surface area contributed by atoms with Crippen molar-refractivity contribution < 1.29 is 9.90 Å². The maximum absolute atomic E-state index is 11.5. The Morgan fingerprint density at radius 3 is 2.47 bits per heavy atom. The standard InChI is InChI=1S/C13H20N2O2/c1-10(7-14)6-13(17)15-8-11-2-4-12(9-16)5-3-11/h2-5,10,16H,6-9,14H2,1H3,(H,15,17). The zero-order valence-electron chi connectivity index (χ0n) is 10.1. The van der Waals surface area contributed by atoms with E-state index in [1.54, 1.807) is 0 Å². The third-order valence-electron chi connectivity index (χ3n) is 2.63. The number of aliphatic hydroxyl groups is 1. The van der Waals surface area contributed by atoms with Crippen molar-refractivity contribution >= 4 is 5.91 Å². The summed E-state index contributed by atoms with van der Waals surface area (Å²) in [7, 11) is 0.